The summed E-state index contributed by atoms with van der Waals surface area (Å²) in [5.41, 5.74) is 3.07. The van der Waals surface area contributed by atoms with E-state index in [2.05, 4.69) is 46.8 Å². The lowest BCUT2D eigenvalue weighted by molar-refractivity contribution is -0.148. The van der Waals surface area contributed by atoms with E-state index in [0.717, 1.165) is 44.9 Å². The monoisotopic (exact) mass is 424 g/mol. The van der Waals surface area contributed by atoms with Crippen molar-refractivity contribution in [3.8, 4) is 0 Å². The fourth-order valence-electron chi connectivity index (χ4n) is 9.30. The van der Waals surface area contributed by atoms with Crippen LogP contribution >= 0.6 is 0 Å². The third kappa shape index (κ3) is 3.02. The summed E-state index contributed by atoms with van der Waals surface area (Å²) < 4.78 is 0. The topological polar surface area (TPSA) is 37.3 Å². The van der Waals surface area contributed by atoms with E-state index in [1.165, 1.54) is 24.8 Å². The second kappa shape index (κ2) is 7.31. The van der Waals surface area contributed by atoms with Gasteiger partial charge in [0.15, 0.2) is 0 Å². The normalized spacial score (nSPS) is 45.9. The Morgan fingerprint density at radius 1 is 1.16 bits per heavy atom. The molecule has 172 valence electrons. The number of ketones is 1. The Bertz CT molecular complexity index is 813. The molecular weight excluding hydrogens is 380 g/mol. The molecule has 5 aliphatic rings. The van der Waals surface area contributed by atoms with Crippen LogP contribution in [0, 0.1) is 45.8 Å². The zero-order valence-corrected chi connectivity index (χ0v) is 20.5. The molecular formula is C29H44O2. The smallest absolute Gasteiger partial charge is 0.139 e. The highest BCUT2D eigenvalue weighted by Crippen LogP contribution is 2.72. The Balaban J connectivity index is 1.42. The van der Waals surface area contributed by atoms with E-state index in [1.807, 2.05) is 0 Å². The van der Waals surface area contributed by atoms with E-state index in [-0.39, 0.29) is 22.3 Å². The Labute approximate surface area is 190 Å². The lowest BCUT2D eigenvalue weighted by atomic mass is 9.45. The summed E-state index contributed by atoms with van der Waals surface area (Å²) in [5.74, 6) is 3.48. The molecule has 5 aliphatic carbocycles. The van der Waals surface area contributed by atoms with Gasteiger partial charge in [-0.05, 0) is 107 Å². The minimum atomic E-state index is -0.148. The van der Waals surface area contributed by atoms with Crippen molar-refractivity contribution in [2.45, 2.75) is 105 Å². The lowest BCUT2D eigenvalue weighted by Crippen LogP contribution is -2.56. The van der Waals surface area contributed by atoms with Gasteiger partial charge in [0.25, 0.3) is 0 Å². The number of aliphatic hydroxyl groups excluding tert-OH is 1. The molecule has 4 fully saturated rings. The number of rotatable bonds is 4. The number of aliphatic hydroxyl groups is 1. The van der Waals surface area contributed by atoms with E-state index >= 15 is 0 Å². The van der Waals surface area contributed by atoms with Crippen LogP contribution in [-0.2, 0) is 4.79 Å². The first-order chi connectivity index (χ1) is 14.6. The van der Waals surface area contributed by atoms with Gasteiger partial charge in [0.05, 0.1) is 6.10 Å². The van der Waals surface area contributed by atoms with E-state index in [0.29, 0.717) is 35.4 Å². The van der Waals surface area contributed by atoms with Crippen LogP contribution in [0.3, 0.4) is 0 Å². The van der Waals surface area contributed by atoms with Crippen molar-refractivity contribution >= 4 is 5.78 Å². The first-order valence-corrected chi connectivity index (χ1v) is 13.2. The maximum Gasteiger partial charge on any atom is 0.139 e. The van der Waals surface area contributed by atoms with E-state index in [1.54, 1.807) is 5.57 Å². The van der Waals surface area contributed by atoms with Crippen molar-refractivity contribution in [1.82, 2.24) is 0 Å². The number of Topliss-reactive ketones (excluding diaryl/α,β-unsaturated/α-hetero) is 1. The van der Waals surface area contributed by atoms with Gasteiger partial charge in [-0.25, -0.2) is 0 Å². The first kappa shape index (κ1) is 21.9. The molecule has 31 heavy (non-hydrogen) atoms. The van der Waals surface area contributed by atoms with E-state index < -0.39 is 0 Å². The average molecular weight is 425 g/mol. The van der Waals surface area contributed by atoms with Crippen molar-refractivity contribution in [3.05, 3.63) is 23.3 Å². The first-order valence-electron chi connectivity index (χ1n) is 13.2. The fraction of sp³-hybridized carbons (Fsp3) is 0.828. The molecule has 1 spiro atoms. The quantitative estimate of drug-likeness (QED) is 0.500. The Morgan fingerprint density at radius 3 is 2.58 bits per heavy atom. The Hall–Kier alpha value is -0.890. The van der Waals surface area contributed by atoms with Gasteiger partial charge >= 0.3 is 0 Å². The molecule has 0 unspecified atom stereocenters. The number of fused-ring (bicyclic) bond motifs is 6. The SMILES string of the molecule is CC(C)=CCC[C@@H](C)[C@H]1CC[C@H]2[C@@H]3CC=C4C5(CC5)[C@H](O)CC[C@]4(C)[C@H]3CC(=O)[C@]12C. The van der Waals surface area contributed by atoms with Gasteiger partial charge in [-0.3, -0.25) is 4.79 Å². The van der Waals surface area contributed by atoms with Crippen molar-refractivity contribution in [3.63, 3.8) is 0 Å². The summed E-state index contributed by atoms with van der Waals surface area (Å²) in [6.07, 6.45) is 15.9. The molecule has 0 aliphatic heterocycles. The van der Waals surface area contributed by atoms with E-state index in [9.17, 15) is 9.90 Å². The Morgan fingerprint density at radius 2 is 1.90 bits per heavy atom. The molecule has 0 saturated heterocycles. The zero-order valence-electron chi connectivity index (χ0n) is 20.5. The van der Waals surface area contributed by atoms with Crippen LogP contribution in [0.15, 0.2) is 23.3 Å². The molecule has 8 atom stereocenters. The molecule has 2 heteroatoms. The summed E-state index contributed by atoms with van der Waals surface area (Å²) in [6, 6.07) is 0. The molecule has 0 amide bonds. The van der Waals surface area contributed by atoms with Gasteiger partial charge in [-0.1, -0.05) is 44.1 Å². The van der Waals surface area contributed by atoms with E-state index in [4.69, 9.17) is 0 Å². The molecule has 4 saturated carbocycles. The largest absolute Gasteiger partial charge is 0.392 e. The molecule has 0 bridgehead atoms. The second-order valence-corrected chi connectivity index (χ2v) is 12.8. The summed E-state index contributed by atoms with van der Waals surface area (Å²) in [6.45, 7) is 11.6. The van der Waals surface area contributed by atoms with Gasteiger partial charge in [-0.15, -0.1) is 0 Å². The van der Waals surface area contributed by atoms with Crippen LogP contribution in [0.4, 0.5) is 0 Å². The lowest BCUT2D eigenvalue weighted by Gasteiger charge is -2.59. The number of carbonyl (C=O) groups excluding carboxylic acids is 1. The molecule has 0 radical (unpaired) electrons. The van der Waals surface area contributed by atoms with Crippen LogP contribution in [0.5, 0.6) is 0 Å². The molecule has 5 rings (SSSR count). The molecule has 0 aromatic carbocycles. The van der Waals surface area contributed by atoms with Crippen LogP contribution in [0.1, 0.15) is 98.8 Å². The predicted molar refractivity (Wildman–Crippen MR) is 126 cm³/mol. The number of carbonyl (C=O) groups is 1. The maximum atomic E-state index is 13.9. The van der Waals surface area contributed by atoms with Crippen molar-refractivity contribution in [2.75, 3.05) is 0 Å². The standard InChI is InChI=1S/C29H44O2/c1-18(2)7-6-8-19(3)21-10-11-22-20-9-12-24-27(4,14-13-25(30)29(24)15-16-29)23(20)17-26(31)28(21,22)5/h7,12,19-23,25,30H,6,8-11,13-17H2,1-5H3/t19-,20+,21-,22+,23+,25-,27-,28-/m1/s1. The van der Waals surface area contributed by atoms with Crippen LogP contribution in [-0.4, -0.2) is 17.0 Å². The van der Waals surface area contributed by atoms with Crippen LogP contribution in [0.2, 0.25) is 0 Å². The summed E-state index contributed by atoms with van der Waals surface area (Å²) in [4.78, 5) is 13.9. The van der Waals surface area contributed by atoms with Crippen molar-refractivity contribution in [2.24, 2.45) is 45.8 Å². The second-order valence-electron chi connectivity index (χ2n) is 12.8. The highest BCUT2D eigenvalue weighted by molar-refractivity contribution is 5.87. The summed E-state index contributed by atoms with van der Waals surface area (Å²) >= 11 is 0. The van der Waals surface area contributed by atoms with Crippen LogP contribution < -0.4 is 0 Å². The van der Waals surface area contributed by atoms with Gasteiger partial charge in [-0.2, -0.15) is 0 Å². The van der Waals surface area contributed by atoms with Gasteiger partial charge in [0.1, 0.15) is 5.78 Å². The minimum absolute atomic E-state index is 0.0828. The highest BCUT2D eigenvalue weighted by atomic mass is 16.3. The van der Waals surface area contributed by atoms with Crippen LogP contribution in [0.25, 0.3) is 0 Å². The van der Waals surface area contributed by atoms with Gasteiger partial charge < -0.3 is 5.11 Å². The average Bonchev–Trinajstić information content (AvgIpc) is 3.42. The van der Waals surface area contributed by atoms with Gasteiger partial charge in [0.2, 0.25) is 0 Å². The molecule has 1 N–H and O–H groups in total. The summed E-state index contributed by atoms with van der Waals surface area (Å²) in [7, 11) is 0. The maximum absolute atomic E-state index is 13.9. The number of hydrogen-bond acceptors (Lipinski definition) is 2. The number of hydrogen-bond donors (Lipinski definition) is 1. The van der Waals surface area contributed by atoms with Gasteiger partial charge in [0, 0.05) is 17.3 Å². The molecule has 0 aromatic heterocycles. The van der Waals surface area contributed by atoms with Crippen molar-refractivity contribution < 1.29 is 9.90 Å². The third-order valence-electron chi connectivity index (χ3n) is 11.2. The van der Waals surface area contributed by atoms with Crippen molar-refractivity contribution in [1.29, 1.82) is 0 Å². The highest BCUT2D eigenvalue weighted by Gasteiger charge is 2.67. The zero-order chi connectivity index (χ0) is 22.2. The molecule has 0 aromatic rings. The fourth-order valence-corrected chi connectivity index (χ4v) is 9.30. The summed E-state index contributed by atoms with van der Waals surface area (Å²) in [5, 5.41) is 10.8. The third-order valence-corrected chi connectivity index (χ3v) is 11.2. The number of allylic oxidation sites excluding steroid dienone is 3. The predicted octanol–water partition coefficient (Wildman–Crippen LogP) is 6.88. The Kier molecular flexibility index (Phi) is 5.17. The minimum Gasteiger partial charge on any atom is -0.392 e. The molecule has 2 nitrogen and oxygen atoms in total. The molecule has 0 heterocycles.